The SMILES string of the molecule is CCC=COCCCOP(=O)(OCCCOC=CCC)OCCCOC=CCC. The van der Waals surface area contributed by atoms with Gasteiger partial charge in [0.1, 0.15) is 0 Å². The lowest BCUT2D eigenvalue weighted by atomic mass is 10.5. The van der Waals surface area contributed by atoms with Gasteiger partial charge in [-0.25, -0.2) is 4.57 Å². The Kier molecular flexibility index (Phi) is 20.5. The Morgan fingerprint density at radius 3 is 1.14 bits per heavy atom. The van der Waals surface area contributed by atoms with Gasteiger partial charge in [0.2, 0.25) is 0 Å². The smallest absolute Gasteiger partial charge is 0.474 e. The second-order valence-corrected chi connectivity index (χ2v) is 7.63. The highest BCUT2D eigenvalue weighted by Crippen LogP contribution is 2.49. The van der Waals surface area contributed by atoms with E-state index in [2.05, 4.69) is 0 Å². The van der Waals surface area contributed by atoms with E-state index in [1.807, 2.05) is 39.0 Å². The van der Waals surface area contributed by atoms with Gasteiger partial charge in [0.15, 0.2) is 0 Å². The fraction of sp³-hybridized carbons (Fsp3) is 0.714. The van der Waals surface area contributed by atoms with Gasteiger partial charge in [0.25, 0.3) is 0 Å². The van der Waals surface area contributed by atoms with E-state index in [4.69, 9.17) is 27.8 Å². The van der Waals surface area contributed by atoms with Crippen LogP contribution < -0.4 is 0 Å². The molecule has 0 saturated carbocycles. The molecule has 8 heteroatoms. The van der Waals surface area contributed by atoms with Crippen LogP contribution in [0.4, 0.5) is 0 Å². The minimum Gasteiger partial charge on any atom is -0.501 e. The third kappa shape index (κ3) is 19.8. The maximum absolute atomic E-state index is 12.8. The number of allylic oxidation sites excluding steroid dienone is 3. The van der Waals surface area contributed by atoms with Crippen LogP contribution >= 0.6 is 7.82 Å². The fourth-order valence-corrected chi connectivity index (χ4v) is 3.05. The van der Waals surface area contributed by atoms with Crippen molar-refractivity contribution in [1.82, 2.24) is 0 Å². The molecule has 0 aromatic rings. The van der Waals surface area contributed by atoms with E-state index >= 15 is 0 Å². The van der Waals surface area contributed by atoms with Gasteiger partial charge >= 0.3 is 7.82 Å². The van der Waals surface area contributed by atoms with Crippen molar-refractivity contribution in [1.29, 1.82) is 0 Å². The molecule has 0 rings (SSSR count). The van der Waals surface area contributed by atoms with Crippen LogP contribution in [0.5, 0.6) is 0 Å². The summed E-state index contributed by atoms with van der Waals surface area (Å²) in [5.74, 6) is 0. The van der Waals surface area contributed by atoms with E-state index in [1.54, 1.807) is 18.8 Å². The Bertz CT molecular complexity index is 411. The minimum atomic E-state index is -3.62. The third-order valence-electron chi connectivity index (χ3n) is 3.25. The van der Waals surface area contributed by atoms with Gasteiger partial charge in [-0.15, -0.1) is 0 Å². The Labute approximate surface area is 176 Å². The van der Waals surface area contributed by atoms with Crippen LogP contribution in [-0.4, -0.2) is 39.6 Å². The molecule has 0 amide bonds. The third-order valence-corrected chi connectivity index (χ3v) is 4.75. The molecule has 0 radical (unpaired) electrons. The Hall–Kier alpha value is -1.27. The Morgan fingerprint density at radius 2 is 0.862 bits per heavy atom. The summed E-state index contributed by atoms with van der Waals surface area (Å²) in [7, 11) is -3.62. The van der Waals surface area contributed by atoms with Crippen molar-refractivity contribution < 1.29 is 32.3 Å². The van der Waals surface area contributed by atoms with Crippen LogP contribution in [0.15, 0.2) is 37.0 Å². The standard InChI is InChI=1S/C21H39O7P/c1-4-7-13-23-16-10-19-26-29(22,27-20-11-17-24-14-8-5-2)28-21-12-18-25-15-9-6-3/h7-9,13-15H,4-6,10-12,16-21H2,1-3H3. The molecule has 170 valence electrons. The predicted molar refractivity (Wildman–Crippen MR) is 115 cm³/mol. The van der Waals surface area contributed by atoms with Gasteiger partial charge in [0.05, 0.1) is 58.4 Å². The first kappa shape index (κ1) is 27.7. The van der Waals surface area contributed by atoms with Gasteiger partial charge in [-0.05, 0) is 19.3 Å². The molecule has 0 aliphatic heterocycles. The molecule has 0 fully saturated rings. The molecule has 0 aromatic heterocycles. The Morgan fingerprint density at radius 1 is 0.552 bits per heavy atom. The van der Waals surface area contributed by atoms with E-state index < -0.39 is 7.82 Å². The average molecular weight is 435 g/mol. The highest BCUT2D eigenvalue weighted by molar-refractivity contribution is 7.48. The van der Waals surface area contributed by atoms with Crippen LogP contribution in [-0.2, 0) is 32.3 Å². The summed E-state index contributed by atoms with van der Waals surface area (Å²) in [4.78, 5) is 0. The first-order chi connectivity index (χ1) is 14.2. The van der Waals surface area contributed by atoms with Crippen molar-refractivity contribution in [2.24, 2.45) is 0 Å². The number of ether oxygens (including phenoxy) is 3. The topological polar surface area (TPSA) is 72.5 Å². The molecule has 29 heavy (non-hydrogen) atoms. The van der Waals surface area contributed by atoms with Crippen molar-refractivity contribution >= 4 is 7.82 Å². The van der Waals surface area contributed by atoms with Crippen LogP contribution in [0.2, 0.25) is 0 Å². The van der Waals surface area contributed by atoms with E-state index in [0.717, 1.165) is 19.3 Å². The van der Waals surface area contributed by atoms with Crippen molar-refractivity contribution in [2.75, 3.05) is 39.6 Å². The minimum absolute atomic E-state index is 0.225. The van der Waals surface area contributed by atoms with E-state index in [1.165, 1.54) is 0 Å². The highest BCUT2D eigenvalue weighted by atomic mass is 31.2. The molecule has 0 bridgehead atoms. The largest absolute Gasteiger partial charge is 0.501 e. The number of rotatable bonds is 21. The van der Waals surface area contributed by atoms with Gasteiger partial charge < -0.3 is 14.2 Å². The van der Waals surface area contributed by atoms with Crippen molar-refractivity contribution in [3.8, 4) is 0 Å². The summed E-state index contributed by atoms with van der Waals surface area (Å²) >= 11 is 0. The number of phosphoric ester groups is 1. The van der Waals surface area contributed by atoms with Gasteiger partial charge in [-0.1, -0.05) is 39.0 Å². The van der Waals surface area contributed by atoms with E-state index in [9.17, 15) is 4.57 Å². The summed E-state index contributed by atoms with van der Waals surface area (Å²) < 4.78 is 45.0. The first-order valence-corrected chi connectivity index (χ1v) is 12.0. The summed E-state index contributed by atoms with van der Waals surface area (Å²) in [6.45, 7) is 8.20. The molecule has 7 nitrogen and oxygen atoms in total. The van der Waals surface area contributed by atoms with E-state index in [0.29, 0.717) is 39.1 Å². The molecule has 0 spiro atoms. The van der Waals surface area contributed by atoms with Gasteiger partial charge in [-0.2, -0.15) is 0 Å². The van der Waals surface area contributed by atoms with Crippen molar-refractivity contribution in [3.05, 3.63) is 37.0 Å². The molecule has 0 aromatic carbocycles. The summed E-state index contributed by atoms with van der Waals surface area (Å²) in [5, 5.41) is 0. The maximum atomic E-state index is 12.8. The first-order valence-electron chi connectivity index (χ1n) is 10.5. The maximum Gasteiger partial charge on any atom is 0.474 e. The van der Waals surface area contributed by atoms with Crippen molar-refractivity contribution in [3.63, 3.8) is 0 Å². The lowest BCUT2D eigenvalue weighted by Crippen LogP contribution is -2.07. The number of hydrogen-bond acceptors (Lipinski definition) is 7. The lowest BCUT2D eigenvalue weighted by molar-refractivity contribution is 0.0932. The molecular formula is C21H39O7P. The lowest BCUT2D eigenvalue weighted by Gasteiger charge is -2.18. The molecule has 0 N–H and O–H groups in total. The van der Waals surface area contributed by atoms with Crippen LogP contribution in [0.1, 0.15) is 59.3 Å². The normalized spacial score (nSPS) is 14.0. The zero-order chi connectivity index (χ0) is 21.5. The number of hydrogen-bond donors (Lipinski definition) is 0. The summed E-state index contributed by atoms with van der Waals surface area (Å²) in [6.07, 6.45) is 15.3. The predicted octanol–water partition coefficient (Wildman–Crippen LogP) is 6.14. The Balaban J connectivity index is 4.19. The molecule has 0 atom stereocenters. The fourth-order valence-electron chi connectivity index (χ4n) is 1.76. The van der Waals surface area contributed by atoms with Gasteiger partial charge in [-0.3, -0.25) is 13.6 Å². The van der Waals surface area contributed by atoms with Crippen LogP contribution in [0.3, 0.4) is 0 Å². The highest BCUT2D eigenvalue weighted by Gasteiger charge is 2.26. The quantitative estimate of drug-likeness (QED) is 0.122. The zero-order valence-electron chi connectivity index (χ0n) is 18.3. The zero-order valence-corrected chi connectivity index (χ0v) is 19.1. The number of phosphoric acid groups is 1. The second kappa shape index (κ2) is 21.4. The molecular weight excluding hydrogens is 395 g/mol. The molecule has 0 saturated heterocycles. The average Bonchev–Trinajstić information content (AvgIpc) is 2.72. The molecule has 0 unspecified atom stereocenters. The molecule has 0 aliphatic rings. The molecule has 0 aliphatic carbocycles. The van der Waals surface area contributed by atoms with Crippen LogP contribution in [0, 0.1) is 0 Å². The van der Waals surface area contributed by atoms with Crippen LogP contribution in [0.25, 0.3) is 0 Å². The monoisotopic (exact) mass is 434 g/mol. The van der Waals surface area contributed by atoms with Gasteiger partial charge in [0, 0.05) is 19.3 Å². The van der Waals surface area contributed by atoms with Crippen molar-refractivity contribution in [2.45, 2.75) is 59.3 Å². The van der Waals surface area contributed by atoms with E-state index in [-0.39, 0.29) is 19.8 Å². The summed E-state index contributed by atoms with van der Waals surface area (Å²) in [5.41, 5.74) is 0. The second-order valence-electron chi connectivity index (χ2n) is 5.96. The molecule has 0 heterocycles. The summed E-state index contributed by atoms with van der Waals surface area (Å²) in [6, 6.07) is 0.